The molecule has 0 spiro atoms. The molecule has 0 aliphatic carbocycles. The van der Waals surface area contributed by atoms with Crippen molar-refractivity contribution in [3.05, 3.63) is 24.3 Å². The summed E-state index contributed by atoms with van der Waals surface area (Å²) < 4.78 is 68.5. The van der Waals surface area contributed by atoms with Crippen LogP contribution < -0.4 is 0 Å². The van der Waals surface area contributed by atoms with Crippen molar-refractivity contribution in [3.8, 4) is 0 Å². The molecule has 17 nitrogen and oxygen atoms in total. The number of ether oxygens (including phenoxy) is 4. The van der Waals surface area contributed by atoms with E-state index in [4.69, 9.17) is 37.0 Å². The highest BCUT2D eigenvalue weighted by atomic mass is 31.2. The van der Waals surface area contributed by atoms with Gasteiger partial charge >= 0.3 is 39.5 Å². The van der Waals surface area contributed by atoms with Crippen LogP contribution in [0.15, 0.2) is 24.3 Å². The Morgan fingerprint density at radius 2 is 0.621 bits per heavy atom. The van der Waals surface area contributed by atoms with Gasteiger partial charge in [-0.05, 0) is 69.1 Å². The summed E-state index contributed by atoms with van der Waals surface area (Å²) in [5.74, 6) is 0.114. The fraction of sp³-hybridized carbons (Fsp3) is 0.895. The zero-order chi connectivity index (χ0) is 70.1. The summed E-state index contributed by atoms with van der Waals surface area (Å²) in [6, 6.07) is 0. The Bertz CT molecular complexity index is 1950. The Hall–Kier alpha value is -2.46. The van der Waals surface area contributed by atoms with Crippen molar-refractivity contribution in [3.63, 3.8) is 0 Å². The molecule has 0 aromatic heterocycles. The van der Waals surface area contributed by atoms with Crippen LogP contribution in [0.2, 0.25) is 0 Å². The highest BCUT2D eigenvalue weighted by molar-refractivity contribution is 7.47. The van der Waals surface area contributed by atoms with Gasteiger partial charge in [-0.2, -0.15) is 0 Å². The minimum Gasteiger partial charge on any atom is -0.462 e. The van der Waals surface area contributed by atoms with Crippen molar-refractivity contribution in [2.24, 2.45) is 17.8 Å². The molecule has 0 aliphatic heterocycles. The number of phosphoric acid groups is 2. The third-order valence-corrected chi connectivity index (χ3v) is 19.3. The highest BCUT2D eigenvalue weighted by Crippen LogP contribution is 2.45. The zero-order valence-electron chi connectivity index (χ0n) is 61.6. The number of allylic oxidation sites excluding steroid dienone is 4. The van der Waals surface area contributed by atoms with Crippen LogP contribution in [0.3, 0.4) is 0 Å². The molecule has 0 amide bonds. The summed E-state index contributed by atoms with van der Waals surface area (Å²) in [4.78, 5) is 72.8. The minimum atomic E-state index is -4.96. The van der Waals surface area contributed by atoms with Crippen LogP contribution in [0.1, 0.15) is 363 Å². The maximum atomic E-state index is 13.1. The average Bonchev–Trinajstić information content (AvgIpc) is 1.73. The Balaban J connectivity index is 5.26. The standard InChI is InChI=1S/C76H144O17P2/c1-8-10-11-12-13-14-15-16-18-22-25-30-35-43-50-57-73(78)86-63-71(92-76(81)60-53-46-37-32-27-29-34-41-48-55-68(5)6)65-90-94(82,83)88-61-70(77)62-89-95(84,85)91-66-72(64-87-74(79)58-51-44-39-38-42-49-56-69(7)9-2)93-75(80)59-52-45-36-31-26-23-20-17-19-21-24-28-33-40-47-54-67(3)4/h14-16,18,67-72,77H,8-13,17,19-66H2,1-7H3,(H,82,83)(H,84,85)/b15-14-,18-16-/t69?,70-,71-,72-/m1/s1. The van der Waals surface area contributed by atoms with Crippen LogP contribution in [0, 0.1) is 17.8 Å². The Morgan fingerprint density at radius 1 is 0.347 bits per heavy atom. The molecule has 6 atom stereocenters. The largest absolute Gasteiger partial charge is 0.472 e. The van der Waals surface area contributed by atoms with Crippen LogP contribution in [-0.2, 0) is 65.4 Å². The van der Waals surface area contributed by atoms with E-state index in [1.165, 1.54) is 148 Å². The molecule has 0 saturated heterocycles. The van der Waals surface area contributed by atoms with Gasteiger partial charge in [0.2, 0.25) is 0 Å². The van der Waals surface area contributed by atoms with Gasteiger partial charge in [0.1, 0.15) is 19.3 Å². The molecule has 0 bridgehead atoms. The lowest BCUT2D eigenvalue weighted by Gasteiger charge is -2.21. The van der Waals surface area contributed by atoms with Crippen molar-refractivity contribution in [2.45, 2.75) is 381 Å². The number of aliphatic hydroxyl groups is 1. The number of hydrogen-bond acceptors (Lipinski definition) is 15. The number of phosphoric ester groups is 2. The quantitative estimate of drug-likeness (QED) is 0.0169. The summed E-state index contributed by atoms with van der Waals surface area (Å²) in [7, 11) is -9.92. The van der Waals surface area contributed by atoms with Gasteiger partial charge in [-0.15, -0.1) is 0 Å². The van der Waals surface area contributed by atoms with Crippen LogP contribution in [-0.4, -0.2) is 96.7 Å². The van der Waals surface area contributed by atoms with E-state index in [9.17, 15) is 43.2 Å². The van der Waals surface area contributed by atoms with Crippen LogP contribution >= 0.6 is 15.6 Å². The SMILES string of the molecule is CCCCCC/C=C\C=C/CCCCCCCC(=O)OC[C@H](COP(=O)(O)OC[C@@H](O)COP(=O)(O)OC[C@@H](COC(=O)CCCCCCCCC(C)CC)OC(=O)CCCCCCCCCCCCCCCCCC(C)C)OC(=O)CCCCCCCCCCCC(C)C. The third-order valence-electron chi connectivity index (χ3n) is 17.4. The smallest absolute Gasteiger partial charge is 0.462 e. The van der Waals surface area contributed by atoms with E-state index >= 15 is 0 Å². The number of hydrogen-bond donors (Lipinski definition) is 3. The average molecular weight is 1390 g/mol. The molecule has 0 aromatic carbocycles. The monoisotopic (exact) mass is 1390 g/mol. The summed E-state index contributed by atoms with van der Waals surface area (Å²) >= 11 is 0. The lowest BCUT2D eigenvalue weighted by molar-refractivity contribution is -0.161. The van der Waals surface area contributed by atoms with E-state index in [2.05, 4.69) is 72.8 Å². The molecule has 0 rings (SSSR count). The maximum absolute atomic E-state index is 13.1. The van der Waals surface area contributed by atoms with Gasteiger partial charge in [0.05, 0.1) is 26.4 Å². The molecule has 0 fully saturated rings. The molecule has 560 valence electrons. The number of rotatable bonds is 72. The van der Waals surface area contributed by atoms with Crippen LogP contribution in [0.4, 0.5) is 0 Å². The second-order valence-electron chi connectivity index (χ2n) is 27.9. The zero-order valence-corrected chi connectivity index (χ0v) is 63.4. The molecular formula is C76H144O17P2. The van der Waals surface area contributed by atoms with E-state index in [0.29, 0.717) is 25.7 Å². The number of carbonyl (C=O) groups excluding carboxylic acids is 4. The van der Waals surface area contributed by atoms with Crippen molar-refractivity contribution in [2.75, 3.05) is 39.6 Å². The molecule has 19 heteroatoms. The van der Waals surface area contributed by atoms with Gasteiger partial charge in [0, 0.05) is 25.7 Å². The molecule has 3 N–H and O–H groups in total. The number of esters is 4. The molecule has 3 unspecified atom stereocenters. The van der Waals surface area contributed by atoms with Gasteiger partial charge < -0.3 is 33.8 Å². The van der Waals surface area contributed by atoms with Crippen molar-refractivity contribution in [1.82, 2.24) is 0 Å². The van der Waals surface area contributed by atoms with Gasteiger partial charge in [0.25, 0.3) is 0 Å². The summed E-state index contributed by atoms with van der Waals surface area (Å²) in [6.07, 6.45) is 55.0. The second kappa shape index (κ2) is 66.1. The van der Waals surface area contributed by atoms with Crippen molar-refractivity contribution >= 4 is 39.5 Å². The Morgan fingerprint density at radius 3 is 0.937 bits per heavy atom. The maximum Gasteiger partial charge on any atom is 0.472 e. The topological polar surface area (TPSA) is 237 Å². The molecule has 0 heterocycles. The van der Waals surface area contributed by atoms with Crippen LogP contribution in [0.5, 0.6) is 0 Å². The Kier molecular flexibility index (Phi) is 64.4. The molecule has 95 heavy (non-hydrogen) atoms. The first kappa shape index (κ1) is 92.5. The molecule has 0 radical (unpaired) electrons. The second-order valence-corrected chi connectivity index (χ2v) is 30.8. The van der Waals surface area contributed by atoms with Crippen molar-refractivity contribution < 1.29 is 80.2 Å². The number of unbranched alkanes of at least 4 members (excludes halogenated alkanes) is 36. The lowest BCUT2D eigenvalue weighted by atomic mass is 10.00. The van der Waals surface area contributed by atoms with Crippen molar-refractivity contribution in [1.29, 1.82) is 0 Å². The fourth-order valence-electron chi connectivity index (χ4n) is 11.0. The lowest BCUT2D eigenvalue weighted by Crippen LogP contribution is -2.30. The fourth-order valence-corrected chi connectivity index (χ4v) is 12.6. The minimum absolute atomic E-state index is 0.0981. The summed E-state index contributed by atoms with van der Waals surface area (Å²) in [6.45, 7) is 11.8. The summed E-state index contributed by atoms with van der Waals surface area (Å²) in [5, 5.41) is 10.6. The first-order chi connectivity index (χ1) is 45.8. The first-order valence-corrected chi connectivity index (χ1v) is 41.7. The summed E-state index contributed by atoms with van der Waals surface area (Å²) in [5.41, 5.74) is 0. The van der Waals surface area contributed by atoms with Gasteiger partial charge in [0.15, 0.2) is 12.2 Å². The third kappa shape index (κ3) is 68.5. The molecule has 0 aliphatic rings. The van der Waals surface area contributed by atoms with E-state index in [1.807, 2.05) is 0 Å². The predicted molar refractivity (Wildman–Crippen MR) is 386 cm³/mol. The highest BCUT2D eigenvalue weighted by Gasteiger charge is 2.30. The molecule has 0 aromatic rings. The molecule has 0 saturated carbocycles. The molecular weight excluding hydrogens is 1250 g/mol. The van der Waals surface area contributed by atoms with E-state index < -0.39 is 97.5 Å². The van der Waals surface area contributed by atoms with Crippen LogP contribution in [0.25, 0.3) is 0 Å². The first-order valence-electron chi connectivity index (χ1n) is 38.7. The van der Waals surface area contributed by atoms with Gasteiger partial charge in [-0.25, -0.2) is 9.13 Å². The Labute approximate surface area is 580 Å². The van der Waals surface area contributed by atoms with E-state index in [-0.39, 0.29) is 25.7 Å². The van der Waals surface area contributed by atoms with E-state index in [1.54, 1.807) is 0 Å². The van der Waals surface area contributed by atoms with Gasteiger partial charge in [-0.3, -0.25) is 37.3 Å². The number of aliphatic hydroxyl groups excluding tert-OH is 1. The number of carbonyl (C=O) groups is 4. The predicted octanol–water partition coefficient (Wildman–Crippen LogP) is 21.7. The normalized spacial score (nSPS) is 14.5. The van der Waals surface area contributed by atoms with Gasteiger partial charge in [-0.1, -0.05) is 310 Å². The van der Waals surface area contributed by atoms with E-state index in [0.717, 1.165) is 133 Å².